The molecule has 57 heavy (non-hydrogen) atoms. The number of hydrogen-bond donors (Lipinski definition) is 1. The molecule has 0 amide bonds. The molecule has 2 unspecified atom stereocenters. The lowest BCUT2D eigenvalue weighted by Crippen LogP contribution is -2.37. The largest absolute Gasteiger partial charge is 0.756 e. The Labute approximate surface area is 348 Å². The van der Waals surface area contributed by atoms with Gasteiger partial charge in [-0.25, -0.2) is 0 Å². The minimum absolute atomic E-state index is 0.0567. The molecule has 0 aromatic heterocycles. The van der Waals surface area contributed by atoms with Crippen molar-refractivity contribution < 1.29 is 47.2 Å². The van der Waals surface area contributed by atoms with E-state index in [2.05, 4.69) is 32.1 Å². The van der Waals surface area contributed by atoms with Crippen molar-refractivity contribution in [1.29, 1.82) is 0 Å². The van der Waals surface area contributed by atoms with E-state index in [1.54, 1.807) is 12.2 Å². The van der Waals surface area contributed by atoms with Crippen molar-refractivity contribution in [2.24, 2.45) is 0 Å². The van der Waals surface area contributed by atoms with Crippen LogP contribution >= 0.6 is 7.82 Å². The normalized spacial score (nSPS) is 14.6. The van der Waals surface area contributed by atoms with Crippen LogP contribution < -0.4 is 4.89 Å². The number of phosphoric ester groups is 1. The molecule has 0 spiro atoms. The maximum absolute atomic E-state index is 12.7. The highest BCUT2D eigenvalue weighted by Gasteiger charge is 2.21. The Morgan fingerprint density at radius 2 is 1.19 bits per heavy atom. The Morgan fingerprint density at radius 3 is 1.81 bits per heavy atom. The van der Waals surface area contributed by atoms with Crippen LogP contribution in [0.15, 0.2) is 48.6 Å². The predicted molar refractivity (Wildman–Crippen MR) is 233 cm³/mol. The number of unbranched alkanes of at least 4 members (excludes halogenated alkanes) is 18. The van der Waals surface area contributed by atoms with Gasteiger partial charge in [-0.15, -0.1) is 0 Å². The van der Waals surface area contributed by atoms with Gasteiger partial charge in [-0.3, -0.25) is 14.2 Å². The van der Waals surface area contributed by atoms with Gasteiger partial charge in [-0.1, -0.05) is 165 Å². The second-order valence-corrected chi connectivity index (χ2v) is 17.7. The first kappa shape index (κ1) is 54.9. The van der Waals surface area contributed by atoms with E-state index in [-0.39, 0.29) is 26.1 Å². The summed E-state index contributed by atoms with van der Waals surface area (Å²) >= 11 is 0. The van der Waals surface area contributed by atoms with E-state index in [1.807, 2.05) is 39.4 Å². The van der Waals surface area contributed by atoms with Gasteiger partial charge in [-0.2, -0.15) is 0 Å². The molecule has 0 rings (SSSR count). The summed E-state index contributed by atoms with van der Waals surface area (Å²) in [6.07, 6.45) is 40.2. The second kappa shape index (κ2) is 38.2. The number of aliphatic hydroxyl groups excluding tert-OH is 1. The van der Waals surface area contributed by atoms with E-state index in [1.165, 1.54) is 96.3 Å². The van der Waals surface area contributed by atoms with Crippen molar-refractivity contribution in [2.45, 2.75) is 187 Å². The first-order chi connectivity index (χ1) is 27.4. The van der Waals surface area contributed by atoms with Crippen LogP contribution in [0.3, 0.4) is 0 Å². The van der Waals surface area contributed by atoms with Crippen molar-refractivity contribution >= 4 is 19.8 Å². The highest BCUT2D eigenvalue weighted by Crippen LogP contribution is 2.38. The number of carbonyl (C=O) groups excluding carboxylic acids is 2. The van der Waals surface area contributed by atoms with E-state index in [0.29, 0.717) is 36.7 Å². The molecule has 332 valence electrons. The summed E-state index contributed by atoms with van der Waals surface area (Å²) in [5, 5.41) is 10.2. The van der Waals surface area contributed by atoms with Crippen LogP contribution in [0, 0.1) is 0 Å². The lowest BCUT2D eigenvalue weighted by atomic mass is 10.0. The Kier molecular flexibility index (Phi) is 36.8. The average Bonchev–Trinajstić information content (AvgIpc) is 3.15. The first-order valence-corrected chi connectivity index (χ1v) is 23.9. The van der Waals surface area contributed by atoms with E-state index >= 15 is 0 Å². The molecule has 0 fully saturated rings. The van der Waals surface area contributed by atoms with Crippen LogP contribution in [-0.4, -0.2) is 81.2 Å². The molecule has 0 saturated heterocycles. The van der Waals surface area contributed by atoms with Gasteiger partial charge in [0.05, 0.1) is 33.9 Å². The molecule has 0 aliphatic carbocycles. The number of ether oxygens (including phenoxy) is 2. The summed E-state index contributed by atoms with van der Waals surface area (Å²) in [6, 6.07) is 0. The number of carbonyl (C=O) groups is 2. The summed E-state index contributed by atoms with van der Waals surface area (Å²) in [4.78, 5) is 37.5. The number of aliphatic hydroxyl groups is 1. The zero-order chi connectivity index (χ0) is 42.3. The Morgan fingerprint density at radius 1 is 0.649 bits per heavy atom. The van der Waals surface area contributed by atoms with Gasteiger partial charge >= 0.3 is 11.9 Å². The molecule has 11 heteroatoms. The van der Waals surface area contributed by atoms with Crippen LogP contribution in [0.25, 0.3) is 0 Å². The number of allylic oxidation sites excluding steroid dienone is 6. The van der Waals surface area contributed by atoms with Gasteiger partial charge in [0.1, 0.15) is 19.8 Å². The SMILES string of the molecule is CCCCC/C=C\C/C=C\CC(O)/C=C\C=C\CCCC(=O)O[C@H](COC(=O)CCCCCCCCCCCCCCCCC)COP(=O)([O-])OCC[N+](C)(C)C. The molecular formula is C46H84NO9P. The molecule has 1 N–H and O–H groups in total. The number of rotatable bonds is 40. The third-order valence-electron chi connectivity index (χ3n) is 9.43. The molecule has 0 heterocycles. The maximum Gasteiger partial charge on any atom is 0.306 e. The highest BCUT2D eigenvalue weighted by atomic mass is 31.2. The number of nitrogens with zero attached hydrogens (tertiary/aromatic N) is 1. The van der Waals surface area contributed by atoms with Gasteiger partial charge in [0, 0.05) is 12.8 Å². The zero-order valence-electron chi connectivity index (χ0n) is 36.9. The molecule has 0 radical (unpaired) electrons. The third-order valence-corrected chi connectivity index (χ3v) is 10.4. The van der Waals surface area contributed by atoms with Crippen LogP contribution in [0.2, 0.25) is 0 Å². The fourth-order valence-electron chi connectivity index (χ4n) is 5.84. The quantitative estimate of drug-likeness (QED) is 0.0160. The zero-order valence-corrected chi connectivity index (χ0v) is 37.8. The standard InChI is InChI=1S/C46H84NO9P/c1-6-8-10-12-14-16-17-18-19-20-21-23-25-29-33-37-45(49)53-41-44(42-55-57(51,52)54-40-39-47(3,4)5)56-46(50)38-34-30-26-28-32-36-43(48)35-31-27-24-22-15-13-11-9-7-2/h15,22,26-28,31-32,36,43-44,48H,6-14,16-21,23-25,29-30,33-35,37-42H2,1-5H3/b22-15-,28-26+,31-27-,36-32-/t43?,44-/m1/s1. The van der Waals surface area contributed by atoms with Crippen molar-refractivity contribution in [3.05, 3.63) is 48.6 Å². The molecule has 10 nitrogen and oxygen atoms in total. The average molecular weight is 826 g/mol. The monoisotopic (exact) mass is 826 g/mol. The Hall–Kier alpha value is -2.07. The number of phosphoric acid groups is 1. The minimum atomic E-state index is -4.66. The molecule has 0 aliphatic heterocycles. The smallest absolute Gasteiger partial charge is 0.306 e. The maximum atomic E-state index is 12.7. The summed E-state index contributed by atoms with van der Waals surface area (Å²) < 4.78 is 33.8. The van der Waals surface area contributed by atoms with E-state index in [0.717, 1.165) is 25.7 Å². The highest BCUT2D eigenvalue weighted by molar-refractivity contribution is 7.45. The van der Waals surface area contributed by atoms with Gasteiger partial charge in [0.2, 0.25) is 0 Å². The number of quaternary nitrogens is 1. The summed E-state index contributed by atoms with van der Waals surface area (Å²) in [5.41, 5.74) is 0. The molecule has 0 aromatic rings. The summed E-state index contributed by atoms with van der Waals surface area (Å²) in [7, 11) is 1.08. The van der Waals surface area contributed by atoms with Gasteiger partial charge in [0.15, 0.2) is 6.10 Å². The van der Waals surface area contributed by atoms with Crippen molar-refractivity contribution in [2.75, 3.05) is 47.5 Å². The van der Waals surface area contributed by atoms with Crippen LogP contribution in [0.1, 0.15) is 174 Å². The topological polar surface area (TPSA) is 131 Å². The van der Waals surface area contributed by atoms with Crippen molar-refractivity contribution in [3.8, 4) is 0 Å². The minimum Gasteiger partial charge on any atom is -0.756 e. The Bertz CT molecular complexity index is 1130. The lowest BCUT2D eigenvalue weighted by Gasteiger charge is -2.28. The van der Waals surface area contributed by atoms with Crippen LogP contribution in [0.5, 0.6) is 0 Å². The predicted octanol–water partition coefficient (Wildman–Crippen LogP) is 11.0. The molecule has 0 aliphatic rings. The van der Waals surface area contributed by atoms with Crippen LogP contribution in [0.4, 0.5) is 0 Å². The third kappa shape index (κ3) is 41.9. The summed E-state index contributed by atoms with van der Waals surface area (Å²) in [5.74, 6) is -0.962. The Balaban J connectivity index is 4.53. The number of likely N-dealkylation sites (N-methyl/N-ethyl adjacent to an activating group) is 1. The number of esters is 2. The van der Waals surface area contributed by atoms with E-state index in [4.69, 9.17) is 18.5 Å². The first-order valence-electron chi connectivity index (χ1n) is 22.5. The fraction of sp³-hybridized carbons (Fsp3) is 0.783. The van der Waals surface area contributed by atoms with Gasteiger partial charge < -0.3 is 33.0 Å². The van der Waals surface area contributed by atoms with Gasteiger partial charge in [-0.05, 0) is 44.9 Å². The molecule has 0 aromatic carbocycles. The van der Waals surface area contributed by atoms with Crippen molar-refractivity contribution in [3.63, 3.8) is 0 Å². The molecule has 0 saturated carbocycles. The summed E-state index contributed by atoms with van der Waals surface area (Å²) in [6.45, 7) is 4.03. The van der Waals surface area contributed by atoms with Crippen LogP contribution in [-0.2, 0) is 32.7 Å². The van der Waals surface area contributed by atoms with E-state index < -0.39 is 38.6 Å². The lowest BCUT2D eigenvalue weighted by molar-refractivity contribution is -0.870. The molecule has 3 atom stereocenters. The van der Waals surface area contributed by atoms with Crippen molar-refractivity contribution in [1.82, 2.24) is 0 Å². The molecule has 0 bridgehead atoms. The van der Waals surface area contributed by atoms with E-state index in [9.17, 15) is 24.2 Å². The second-order valence-electron chi connectivity index (χ2n) is 16.3. The van der Waals surface area contributed by atoms with Gasteiger partial charge in [0.25, 0.3) is 7.82 Å². The molecular weight excluding hydrogens is 741 g/mol. The number of hydrogen-bond acceptors (Lipinski definition) is 9. The fourth-order valence-corrected chi connectivity index (χ4v) is 6.57.